The largest absolute Gasteiger partial charge is 0.419 e. The lowest BCUT2D eigenvalue weighted by Gasteiger charge is -2.08. The van der Waals surface area contributed by atoms with Gasteiger partial charge in [0.1, 0.15) is 0 Å². The van der Waals surface area contributed by atoms with Gasteiger partial charge in [0.2, 0.25) is 0 Å². The topological polar surface area (TPSA) is 30.2 Å². The molecule has 3 heteroatoms. The molecule has 0 aliphatic heterocycles. The maximum absolute atomic E-state index is 14.4. The summed E-state index contributed by atoms with van der Waals surface area (Å²) in [5.41, 5.74) is 3.36. The number of fused-ring (bicyclic) bond motifs is 3. The van der Waals surface area contributed by atoms with Gasteiger partial charge in [0.05, 0.1) is 5.39 Å². The molecule has 4 rings (SSSR count). The van der Waals surface area contributed by atoms with Crippen molar-refractivity contribution in [2.45, 2.75) is 65.2 Å². The van der Waals surface area contributed by atoms with E-state index in [2.05, 4.69) is 31.2 Å². The van der Waals surface area contributed by atoms with E-state index >= 15 is 0 Å². The molecule has 0 fully saturated rings. The summed E-state index contributed by atoms with van der Waals surface area (Å²) in [4.78, 5) is 12.6. The second-order valence-electron chi connectivity index (χ2n) is 8.79. The van der Waals surface area contributed by atoms with Gasteiger partial charge in [-0.2, -0.15) is 0 Å². The lowest BCUT2D eigenvalue weighted by molar-refractivity contribution is 0.527. The zero-order valence-electron chi connectivity index (χ0n) is 19.0. The minimum atomic E-state index is -0.505. The van der Waals surface area contributed by atoms with Gasteiger partial charge < -0.3 is 4.42 Å². The lowest BCUT2D eigenvalue weighted by atomic mass is 9.98. The van der Waals surface area contributed by atoms with Crippen molar-refractivity contribution in [2.24, 2.45) is 0 Å². The van der Waals surface area contributed by atoms with E-state index in [0.717, 1.165) is 22.9 Å². The molecular formula is C29H31FO2. The molecule has 0 N–H and O–H groups in total. The molecular weight excluding hydrogens is 399 g/mol. The maximum atomic E-state index is 14.4. The van der Waals surface area contributed by atoms with Crippen molar-refractivity contribution < 1.29 is 8.81 Å². The molecule has 3 aromatic carbocycles. The minimum absolute atomic E-state index is 0.0324. The van der Waals surface area contributed by atoms with E-state index in [4.69, 9.17) is 4.42 Å². The first-order valence-electron chi connectivity index (χ1n) is 11.8. The van der Waals surface area contributed by atoms with Gasteiger partial charge in [-0.25, -0.2) is 9.18 Å². The fraction of sp³-hybridized carbons (Fsp3) is 0.345. The third-order valence-corrected chi connectivity index (χ3v) is 6.37. The average Bonchev–Trinajstić information content (AvgIpc) is 2.81. The molecule has 0 amide bonds. The maximum Gasteiger partial charge on any atom is 0.344 e. The highest BCUT2D eigenvalue weighted by Gasteiger charge is 2.13. The van der Waals surface area contributed by atoms with Crippen molar-refractivity contribution in [3.63, 3.8) is 0 Å². The normalized spacial score (nSPS) is 11.5. The van der Waals surface area contributed by atoms with Gasteiger partial charge in [0, 0.05) is 10.8 Å². The monoisotopic (exact) mass is 430 g/mol. The summed E-state index contributed by atoms with van der Waals surface area (Å²) in [6.45, 7) is 3.92. The van der Waals surface area contributed by atoms with Crippen LogP contribution in [0.25, 0.3) is 32.9 Å². The van der Waals surface area contributed by atoms with Gasteiger partial charge in [-0.15, -0.1) is 0 Å². The number of hydrogen-bond donors (Lipinski definition) is 0. The van der Waals surface area contributed by atoms with Gasteiger partial charge in [0.15, 0.2) is 11.4 Å². The van der Waals surface area contributed by atoms with Crippen LogP contribution < -0.4 is 5.63 Å². The van der Waals surface area contributed by atoms with Crippen LogP contribution in [0, 0.1) is 12.7 Å². The molecule has 4 aromatic rings. The summed E-state index contributed by atoms with van der Waals surface area (Å²) in [6.07, 6.45) is 10.3. The molecule has 0 radical (unpaired) electrons. The zero-order chi connectivity index (χ0) is 22.5. The first-order chi connectivity index (χ1) is 15.6. The highest BCUT2D eigenvalue weighted by Crippen LogP contribution is 2.30. The van der Waals surface area contributed by atoms with Gasteiger partial charge in [-0.1, -0.05) is 94.0 Å². The quantitative estimate of drug-likeness (QED) is 0.152. The molecule has 166 valence electrons. The Kier molecular flexibility index (Phi) is 7.04. The van der Waals surface area contributed by atoms with E-state index < -0.39 is 11.4 Å². The Morgan fingerprint density at radius 3 is 2.16 bits per heavy atom. The summed E-state index contributed by atoms with van der Waals surface area (Å²) < 4.78 is 19.8. The summed E-state index contributed by atoms with van der Waals surface area (Å²) in [7, 11) is 0. The number of hydrogen-bond acceptors (Lipinski definition) is 2. The molecule has 1 heterocycles. The highest BCUT2D eigenvalue weighted by molar-refractivity contribution is 6.05. The summed E-state index contributed by atoms with van der Waals surface area (Å²) in [6, 6.07) is 17.9. The summed E-state index contributed by atoms with van der Waals surface area (Å²) in [5, 5.41) is 1.82. The van der Waals surface area contributed by atoms with Crippen molar-refractivity contribution in [3.05, 3.63) is 82.0 Å². The Labute approximate surface area is 189 Å². The third-order valence-electron chi connectivity index (χ3n) is 6.37. The van der Waals surface area contributed by atoms with Crippen LogP contribution in [-0.4, -0.2) is 0 Å². The Morgan fingerprint density at radius 2 is 1.41 bits per heavy atom. The number of halogens is 1. The van der Waals surface area contributed by atoms with Crippen molar-refractivity contribution >= 4 is 21.7 Å². The molecule has 0 bridgehead atoms. The van der Waals surface area contributed by atoms with E-state index in [9.17, 15) is 9.18 Å². The number of benzene rings is 3. The van der Waals surface area contributed by atoms with E-state index in [1.165, 1.54) is 50.5 Å². The predicted octanol–water partition coefficient (Wildman–Crippen LogP) is 8.35. The molecule has 0 aliphatic rings. The SMILES string of the molecule is CCCCCCCCCc1ccc(-c2ccc3c(c2)c(=O)oc2c(F)c(C)ccc23)cc1. The fourth-order valence-corrected chi connectivity index (χ4v) is 4.39. The lowest BCUT2D eigenvalue weighted by Crippen LogP contribution is -2.01. The molecule has 0 spiro atoms. The molecule has 32 heavy (non-hydrogen) atoms. The fourth-order valence-electron chi connectivity index (χ4n) is 4.39. The Bertz CT molecular complexity index is 1270. The van der Waals surface area contributed by atoms with Gasteiger partial charge >= 0.3 is 5.63 Å². The molecule has 0 saturated carbocycles. The minimum Gasteiger partial charge on any atom is -0.419 e. The van der Waals surface area contributed by atoms with Crippen molar-refractivity contribution in [1.82, 2.24) is 0 Å². The number of unbranched alkanes of at least 4 members (excludes halogenated alkanes) is 6. The summed E-state index contributed by atoms with van der Waals surface area (Å²) >= 11 is 0. The van der Waals surface area contributed by atoms with E-state index in [0.29, 0.717) is 16.3 Å². The molecule has 0 aliphatic carbocycles. The standard InChI is InChI=1S/C29H31FO2/c1-3-4-5-6-7-8-9-10-21-12-14-22(15-13-21)23-16-18-24-25-17-11-20(2)27(30)28(25)32-29(31)26(24)19-23/h11-19H,3-10H2,1-2H3. The predicted molar refractivity (Wildman–Crippen MR) is 132 cm³/mol. The second-order valence-corrected chi connectivity index (χ2v) is 8.79. The molecule has 2 nitrogen and oxygen atoms in total. The van der Waals surface area contributed by atoms with Crippen molar-refractivity contribution in [1.29, 1.82) is 0 Å². The van der Waals surface area contributed by atoms with E-state index in [-0.39, 0.29) is 5.58 Å². The van der Waals surface area contributed by atoms with Crippen LogP contribution in [0.15, 0.2) is 63.8 Å². The van der Waals surface area contributed by atoms with Crippen LogP contribution in [0.4, 0.5) is 4.39 Å². The molecule has 0 saturated heterocycles. The van der Waals surface area contributed by atoms with E-state index in [1.807, 2.05) is 24.3 Å². The first-order valence-corrected chi connectivity index (χ1v) is 11.8. The molecule has 0 unspecified atom stereocenters. The van der Waals surface area contributed by atoms with Crippen LogP contribution in [0.1, 0.15) is 63.0 Å². The third kappa shape index (κ3) is 4.77. The number of rotatable bonds is 9. The number of aryl methyl sites for hydroxylation is 2. The Hall–Kier alpha value is -2.94. The molecule has 0 atom stereocenters. The summed E-state index contributed by atoms with van der Waals surface area (Å²) in [5.74, 6) is -0.470. The van der Waals surface area contributed by atoms with Crippen LogP contribution >= 0.6 is 0 Å². The van der Waals surface area contributed by atoms with Crippen molar-refractivity contribution in [3.8, 4) is 11.1 Å². The average molecular weight is 431 g/mol. The first kappa shape index (κ1) is 22.3. The second kappa shape index (κ2) is 10.1. The Morgan fingerprint density at radius 1 is 0.750 bits per heavy atom. The smallest absolute Gasteiger partial charge is 0.344 e. The van der Waals surface area contributed by atoms with Crippen LogP contribution in [0.3, 0.4) is 0 Å². The van der Waals surface area contributed by atoms with Crippen LogP contribution in [-0.2, 0) is 6.42 Å². The van der Waals surface area contributed by atoms with Gasteiger partial charge in [0.25, 0.3) is 0 Å². The van der Waals surface area contributed by atoms with Crippen molar-refractivity contribution in [2.75, 3.05) is 0 Å². The van der Waals surface area contributed by atoms with Gasteiger partial charge in [-0.3, -0.25) is 0 Å². The zero-order valence-corrected chi connectivity index (χ0v) is 19.0. The van der Waals surface area contributed by atoms with Crippen LogP contribution in [0.2, 0.25) is 0 Å². The molecule has 1 aromatic heterocycles. The van der Waals surface area contributed by atoms with Crippen LogP contribution in [0.5, 0.6) is 0 Å². The highest BCUT2D eigenvalue weighted by atomic mass is 19.1. The van der Waals surface area contributed by atoms with Gasteiger partial charge in [-0.05, 0) is 48.1 Å². The van der Waals surface area contributed by atoms with E-state index in [1.54, 1.807) is 13.0 Å². The Balaban J connectivity index is 1.50.